The van der Waals surface area contributed by atoms with E-state index < -0.39 is 0 Å². The second-order valence-corrected chi connectivity index (χ2v) is 6.08. The van der Waals surface area contributed by atoms with Gasteiger partial charge in [0.2, 0.25) is 0 Å². The van der Waals surface area contributed by atoms with Crippen LogP contribution in [0.3, 0.4) is 0 Å². The fourth-order valence-electron chi connectivity index (χ4n) is 1.21. The van der Waals surface area contributed by atoms with E-state index in [2.05, 4.69) is 36.8 Å². The molecule has 0 radical (unpaired) electrons. The Bertz CT molecular complexity index is 543. The van der Waals surface area contributed by atoms with Gasteiger partial charge in [0.1, 0.15) is 5.03 Å². The summed E-state index contributed by atoms with van der Waals surface area (Å²) in [4.78, 5) is 16.0. The van der Waals surface area contributed by atoms with E-state index >= 15 is 0 Å². The smallest absolute Gasteiger partial charge is 0.151 e. The molecule has 0 saturated heterocycles. The minimum Gasteiger partial charge on any atom is -0.298 e. The monoisotopic (exact) mass is 371 g/mol. The summed E-state index contributed by atoms with van der Waals surface area (Å²) in [6.07, 6.45) is 2.59. The molecule has 1 aromatic heterocycles. The quantitative estimate of drug-likeness (QED) is 0.739. The normalized spacial score (nSPS) is 10.2. The van der Waals surface area contributed by atoms with Crippen molar-refractivity contribution in [2.75, 3.05) is 0 Å². The van der Waals surface area contributed by atoms with E-state index in [1.54, 1.807) is 24.0 Å². The first-order valence-corrected chi connectivity index (χ1v) is 7.13. The van der Waals surface area contributed by atoms with Gasteiger partial charge in [0, 0.05) is 25.6 Å². The number of benzene rings is 1. The molecule has 2 rings (SSSR count). The highest BCUT2D eigenvalue weighted by atomic mass is 79.9. The van der Waals surface area contributed by atoms with Gasteiger partial charge in [-0.05, 0) is 46.3 Å². The topological polar surface area (TPSA) is 30.0 Å². The van der Waals surface area contributed by atoms with Crippen LogP contribution in [0.4, 0.5) is 0 Å². The largest absolute Gasteiger partial charge is 0.298 e. The standard InChI is InChI=1S/C12H7Br2NOS/c13-9-2-4-12(15-6-9)17-10-3-1-8(7-16)11(14)5-10/h1-7H. The van der Waals surface area contributed by atoms with Crippen LogP contribution in [0.1, 0.15) is 10.4 Å². The third-order valence-electron chi connectivity index (χ3n) is 2.02. The molecule has 17 heavy (non-hydrogen) atoms. The summed E-state index contributed by atoms with van der Waals surface area (Å²) in [5.41, 5.74) is 0.651. The zero-order valence-electron chi connectivity index (χ0n) is 8.56. The number of pyridine rings is 1. The highest BCUT2D eigenvalue weighted by Crippen LogP contribution is 2.29. The van der Waals surface area contributed by atoms with E-state index in [1.165, 1.54) is 0 Å². The Morgan fingerprint density at radius 2 is 2.00 bits per heavy atom. The van der Waals surface area contributed by atoms with Crippen molar-refractivity contribution >= 4 is 49.9 Å². The Morgan fingerprint density at radius 3 is 2.59 bits per heavy atom. The van der Waals surface area contributed by atoms with Crippen LogP contribution >= 0.6 is 43.6 Å². The van der Waals surface area contributed by atoms with Gasteiger partial charge in [-0.1, -0.05) is 27.7 Å². The minimum atomic E-state index is 0.651. The summed E-state index contributed by atoms with van der Waals surface area (Å²) in [6.45, 7) is 0. The third-order valence-corrected chi connectivity index (χ3v) is 4.12. The van der Waals surface area contributed by atoms with Crippen molar-refractivity contribution in [3.8, 4) is 0 Å². The first-order chi connectivity index (χ1) is 8.19. The number of nitrogens with zero attached hydrogens (tertiary/aromatic N) is 1. The Hall–Kier alpha value is -0.650. The average Bonchev–Trinajstić information content (AvgIpc) is 2.32. The van der Waals surface area contributed by atoms with Crippen LogP contribution in [0.2, 0.25) is 0 Å². The van der Waals surface area contributed by atoms with E-state index in [4.69, 9.17) is 0 Å². The van der Waals surface area contributed by atoms with Crippen molar-refractivity contribution in [3.63, 3.8) is 0 Å². The number of aromatic nitrogens is 1. The van der Waals surface area contributed by atoms with Gasteiger partial charge < -0.3 is 0 Å². The molecule has 0 aliphatic heterocycles. The Morgan fingerprint density at radius 1 is 1.18 bits per heavy atom. The van der Waals surface area contributed by atoms with Crippen molar-refractivity contribution in [1.29, 1.82) is 0 Å². The first kappa shape index (κ1) is 12.8. The lowest BCUT2D eigenvalue weighted by atomic mass is 10.2. The summed E-state index contributed by atoms with van der Waals surface area (Å²) in [5.74, 6) is 0. The van der Waals surface area contributed by atoms with Gasteiger partial charge in [0.15, 0.2) is 6.29 Å². The SMILES string of the molecule is O=Cc1ccc(Sc2ccc(Br)cn2)cc1Br. The molecule has 0 bridgehead atoms. The Labute approximate surface area is 120 Å². The van der Waals surface area contributed by atoms with E-state index in [-0.39, 0.29) is 0 Å². The van der Waals surface area contributed by atoms with Crippen molar-refractivity contribution in [3.05, 3.63) is 51.0 Å². The van der Waals surface area contributed by atoms with Crippen LogP contribution in [-0.2, 0) is 0 Å². The lowest BCUT2D eigenvalue weighted by Crippen LogP contribution is -1.84. The van der Waals surface area contributed by atoms with E-state index in [0.717, 1.165) is 25.2 Å². The second kappa shape index (κ2) is 5.80. The van der Waals surface area contributed by atoms with Crippen molar-refractivity contribution < 1.29 is 4.79 Å². The second-order valence-electron chi connectivity index (χ2n) is 3.22. The third kappa shape index (κ3) is 3.40. The number of hydrogen-bond donors (Lipinski definition) is 0. The Balaban J connectivity index is 2.21. The average molecular weight is 373 g/mol. The summed E-state index contributed by atoms with van der Waals surface area (Å²) in [6, 6.07) is 9.50. The maximum atomic E-state index is 10.7. The molecule has 0 aliphatic carbocycles. The van der Waals surface area contributed by atoms with Crippen LogP contribution in [0, 0.1) is 0 Å². The van der Waals surface area contributed by atoms with Gasteiger partial charge in [-0.15, -0.1) is 0 Å². The van der Waals surface area contributed by atoms with E-state index in [1.807, 2.05) is 24.3 Å². The lowest BCUT2D eigenvalue weighted by molar-refractivity contribution is 0.112. The molecular formula is C12H7Br2NOS. The molecule has 0 saturated carbocycles. The van der Waals surface area contributed by atoms with Crippen molar-refractivity contribution in [2.45, 2.75) is 9.92 Å². The summed E-state index contributed by atoms with van der Waals surface area (Å²) >= 11 is 8.25. The predicted molar refractivity (Wildman–Crippen MR) is 75.6 cm³/mol. The maximum Gasteiger partial charge on any atom is 0.151 e. The van der Waals surface area contributed by atoms with Crippen LogP contribution < -0.4 is 0 Å². The molecule has 0 unspecified atom stereocenters. The number of carbonyl (C=O) groups excluding carboxylic acids is 1. The maximum absolute atomic E-state index is 10.7. The molecule has 5 heteroatoms. The molecule has 1 heterocycles. The van der Waals surface area contributed by atoms with Crippen molar-refractivity contribution in [1.82, 2.24) is 4.98 Å². The van der Waals surface area contributed by atoms with Crippen LogP contribution in [0.25, 0.3) is 0 Å². The van der Waals surface area contributed by atoms with Gasteiger partial charge in [0.25, 0.3) is 0 Å². The van der Waals surface area contributed by atoms with Gasteiger partial charge >= 0.3 is 0 Å². The molecule has 0 atom stereocenters. The zero-order chi connectivity index (χ0) is 12.3. The van der Waals surface area contributed by atoms with Crippen LogP contribution in [0.5, 0.6) is 0 Å². The molecule has 0 aliphatic rings. The van der Waals surface area contributed by atoms with Crippen LogP contribution in [-0.4, -0.2) is 11.3 Å². The predicted octanol–water partition coefficient (Wildman–Crippen LogP) is 4.57. The minimum absolute atomic E-state index is 0.651. The lowest BCUT2D eigenvalue weighted by Gasteiger charge is -2.03. The number of rotatable bonds is 3. The highest BCUT2D eigenvalue weighted by molar-refractivity contribution is 9.10. The highest BCUT2D eigenvalue weighted by Gasteiger charge is 2.03. The molecule has 86 valence electrons. The Kier molecular flexibility index (Phi) is 4.36. The fraction of sp³-hybridized carbons (Fsp3) is 0. The summed E-state index contributed by atoms with van der Waals surface area (Å²) < 4.78 is 1.76. The number of halogens is 2. The summed E-state index contributed by atoms with van der Waals surface area (Å²) in [7, 11) is 0. The molecule has 0 amide bonds. The number of carbonyl (C=O) groups is 1. The van der Waals surface area contributed by atoms with E-state index in [9.17, 15) is 4.79 Å². The molecule has 2 aromatic rings. The van der Waals surface area contributed by atoms with Gasteiger partial charge in [-0.25, -0.2) is 4.98 Å². The molecule has 2 nitrogen and oxygen atoms in total. The molecule has 0 N–H and O–H groups in total. The van der Waals surface area contributed by atoms with Crippen LogP contribution in [0.15, 0.2) is 55.4 Å². The molecule has 0 fully saturated rings. The molecule has 1 aromatic carbocycles. The van der Waals surface area contributed by atoms with Gasteiger partial charge in [0.05, 0.1) is 0 Å². The van der Waals surface area contributed by atoms with Gasteiger partial charge in [-0.2, -0.15) is 0 Å². The van der Waals surface area contributed by atoms with E-state index in [0.29, 0.717) is 5.56 Å². The number of aldehydes is 1. The number of hydrogen-bond acceptors (Lipinski definition) is 3. The summed E-state index contributed by atoms with van der Waals surface area (Å²) in [5, 5.41) is 0.916. The van der Waals surface area contributed by atoms with Crippen molar-refractivity contribution in [2.24, 2.45) is 0 Å². The van der Waals surface area contributed by atoms with Gasteiger partial charge in [-0.3, -0.25) is 4.79 Å². The molecule has 0 spiro atoms. The fourth-order valence-corrected chi connectivity index (χ4v) is 2.86. The molecular weight excluding hydrogens is 366 g/mol. The first-order valence-electron chi connectivity index (χ1n) is 4.73. The zero-order valence-corrected chi connectivity index (χ0v) is 12.5.